The average Bonchev–Trinajstić information content (AvgIpc) is 3.94. The van der Waals surface area contributed by atoms with E-state index >= 15 is 0 Å². The molecule has 0 saturated carbocycles. The first-order chi connectivity index (χ1) is 22.4. The Labute approximate surface area is 262 Å². The predicted molar refractivity (Wildman–Crippen MR) is 171 cm³/mol. The largest absolute Gasteiger partial charge is 0.468 e. The molecule has 8 rings (SSSR count). The summed E-state index contributed by atoms with van der Waals surface area (Å²) in [4.78, 5) is 28.7. The van der Waals surface area contributed by atoms with Gasteiger partial charge >= 0.3 is 0 Å². The zero-order valence-corrected chi connectivity index (χ0v) is 24.5. The summed E-state index contributed by atoms with van der Waals surface area (Å²) in [5.41, 5.74) is 5.48. The van der Waals surface area contributed by atoms with Gasteiger partial charge in [-0.2, -0.15) is 10.2 Å². The molecule has 0 aromatic carbocycles. The highest BCUT2D eigenvalue weighted by Gasteiger charge is 2.58. The minimum Gasteiger partial charge on any atom is -0.468 e. The van der Waals surface area contributed by atoms with Crippen molar-refractivity contribution in [2.75, 3.05) is 0 Å². The van der Waals surface area contributed by atoms with Gasteiger partial charge < -0.3 is 9.40 Å². The van der Waals surface area contributed by atoms with Gasteiger partial charge in [0.2, 0.25) is 0 Å². The molecule has 216 valence electrons. The molecule has 0 saturated heterocycles. The fraction of sp³-hybridized carbons (Fsp3) is 0.0571. The summed E-state index contributed by atoms with van der Waals surface area (Å²) >= 11 is 1.65. The molecule has 2 atom stereocenters. The second kappa shape index (κ2) is 11.3. The van der Waals surface area contributed by atoms with Crippen LogP contribution in [-0.4, -0.2) is 40.1 Å². The average molecular weight is 605 g/mol. The Morgan fingerprint density at radius 1 is 0.733 bits per heavy atom. The number of H-pyrrole nitrogens is 1. The van der Waals surface area contributed by atoms with Crippen LogP contribution in [0.15, 0.2) is 138 Å². The molecule has 0 amide bonds. The third kappa shape index (κ3) is 4.34. The lowest BCUT2D eigenvalue weighted by Gasteiger charge is -2.45. The summed E-state index contributed by atoms with van der Waals surface area (Å²) in [6.07, 6.45) is 15.8. The van der Waals surface area contributed by atoms with E-state index < -0.39 is 11.3 Å². The van der Waals surface area contributed by atoms with Gasteiger partial charge in [-0.25, -0.2) is 9.97 Å². The number of hydrogen-bond donors (Lipinski definition) is 1. The summed E-state index contributed by atoms with van der Waals surface area (Å²) in [6, 6.07) is 23.8. The first-order valence-electron chi connectivity index (χ1n) is 14.3. The topological polar surface area (TPSA) is 119 Å². The quantitative estimate of drug-likeness (QED) is 0.212. The maximum absolute atomic E-state index is 6.46. The van der Waals surface area contributed by atoms with Crippen LogP contribution in [-0.2, 0) is 5.41 Å². The van der Waals surface area contributed by atoms with Crippen molar-refractivity contribution in [3.05, 3.63) is 173 Å². The maximum atomic E-state index is 6.46. The number of rotatable bonds is 7. The SMILES string of the molecule is c1ccc(C2=C(c3cnccn3)C(c3ncccn3)C(c3cccnn3)(c3ccco3)C(c3ccc[nH]3)=C2c2cccs2)nc1. The first-order valence-corrected chi connectivity index (χ1v) is 15.2. The Kier molecular flexibility index (Phi) is 6.73. The summed E-state index contributed by atoms with van der Waals surface area (Å²) in [5.74, 6) is 0.598. The molecule has 1 aliphatic rings. The van der Waals surface area contributed by atoms with Gasteiger partial charge in [-0.15, -0.1) is 11.3 Å². The number of furan rings is 1. The van der Waals surface area contributed by atoms with Crippen LogP contribution in [0.2, 0.25) is 0 Å². The summed E-state index contributed by atoms with van der Waals surface area (Å²) in [5, 5.41) is 11.3. The van der Waals surface area contributed by atoms with Crippen molar-refractivity contribution in [1.29, 1.82) is 0 Å². The van der Waals surface area contributed by atoms with E-state index in [0.29, 0.717) is 23.0 Å². The molecule has 10 heteroatoms. The lowest BCUT2D eigenvalue weighted by molar-refractivity contribution is 0.409. The van der Waals surface area contributed by atoms with Crippen molar-refractivity contribution >= 4 is 33.6 Å². The molecule has 0 aliphatic heterocycles. The molecule has 7 aromatic heterocycles. The van der Waals surface area contributed by atoms with Crippen LogP contribution in [0.1, 0.15) is 45.2 Å². The number of allylic oxidation sites excluding steroid dienone is 4. The highest BCUT2D eigenvalue weighted by atomic mass is 32.1. The Balaban J connectivity index is 1.68. The van der Waals surface area contributed by atoms with Crippen LogP contribution in [0.3, 0.4) is 0 Å². The molecule has 1 N–H and O–H groups in total. The highest BCUT2D eigenvalue weighted by Crippen LogP contribution is 2.64. The van der Waals surface area contributed by atoms with Crippen LogP contribution in [0.4, 0.5) is 0 Å². The molecule has 0 spiro atoms. The van der Waals surface area contributed by atoms with Crippen molar-refractivity contribution < 1.29 is 4.42 Å². The van der Waals surface area contributed by atoms with E-state index in [9.17, 15) is 0 Å². The predicted octanol–water partition coefficient (Wildman–Crippen LogP) is 6.74. The number of thiophene rings is 1. The molecule has 0 fully saturated rings. The molecule has 7 aromatic rings. The Morgan fingerprint density at radius 3 is 2.33 bits per heavy atom. The smallest absolute Gasteiger partial charge is 0.137 e. The van der Waals surface area contributed by atoms with Gasteiger partial charge in [0.05, 0.1) is 35.5 Å². The van der Waals surface area contributed by atoms with Gasteiger partial charge in [-0.3, -0.25) is 15.0 Å². The summed E-state index contributed by atoms with van der Waals surface area (Å²) in [6.45, 7) is 0. The third-order valence-corrected chi connectivity index (χ3v) is 8.90. The second-order valence-electron chi connectivity index (χ2n) is 10.3. The second-order valence-corrected chi connectivity index (χ2v) is 11.3. The minimum atomic E-state index is -1.13. The van der Waals surface area contributed by atoms with Crippen molar-refractivity contribution in [3.8, 4) is 0 Å². The number of aromatic amines is 1. The fourth-order valence-corrected chi connectivity index (χ4v) is 7.20. The standard InChI is InChI=1S/C35H24N8OS/c1-2-13-37-23(8-1)29-30(25-22-36-18-19-39-25)33(34-40-15-7-16-41-34)35(28-12-5-20-44-28,27-11-4-17-42-43-27)32(24-9-3-14-38-24)31(29)26-10-6-21-45-26/h1-22,33,38H. The van der Waals surface area contributed by atoms with Gasteiger partial charge in [0.15, 0.2) is 0 Å². The number of hydrogen-bond acceptors (Lipinski definition) is 9. The van der Waals surface area contributed by atoms with Crippen LogP contribution in [0.25, 0.3) is 22.3 Å². The molecular weight excluding hydrogens is 581 g/mol. The van der Waals surface area contributed by atoms with Crippen molar-refractivity contribution in [3.63, 3.8) is 0 Å². The number of pyridine rings is 1. The monoisotopic (exact) mass is 604 g/mol. The van der Waals surface area contributed by atoms with E-state index in [0.717, 1.165) is 38.6 Å². The van der Waals surface area contributed by atoms with Gasteiger partial charge in [-0.1, -0.05) is 12.1 Å². The summed E-state index contributed by atoms with van der Waals surface area (Å²) < 4.78 is 6.46. The van der Waals surface area contributed by atoms with Gasteiger partial charge in [0.25, 0.3) is 0 Å². The lowest BCUT2D eigenvalue weighted by Crippen LogP contribution is -2.42. The molecule has 2 unspecified atom stereocenters. The zero-order valence-electron chi connectivity index (χ0n) is 23.7. The highest BCUT2D eigenvalue weighted by molar-refractivity contribution is 7.11. The van der Waals surface area contributed by atoms with Crippen molar-refractivity contribution in [1.82, 2.24) is 40.1 Å². The third-order valence-electron chi connectivity index (χ3n) is 8.01. The minimum absolute atomic E-state index is 0.558. The van der Waals surface area contributed by atoms with Crippen molar-refractivity contribution in [2.24, 2.45) is 0 Å². The van der Waals surface area contributed by atoms with Crippen LogP contribution >= 0.6 is 11.3 Å². The zero-order chi connectivity index (χ0) is 30.1. The van der Waals surface area contributed by atoms with E-state index in [4.69, 9.17) is 29.5 Å². The van der Waals surface area contributed by atoms with E-state index in [-0.39, 0.29) is 0 Å². The van der Waals surface area contributed by atoms with E-state index in [1.54, 1.807) is 54.8 Å². The Hall–Kier alpha value is -5.87. The maximum Gasteiger partial charge on any atom is 0.137 e. The van der Waals surface area contributed by atoms with Crippen molar-refractivity contribution in [2.45, 2.75) is 11.3 Å². The number of nitrogens with zero attached hydrogens (tertiary/aromatic N) is 7. The van der Waals surface area contributed by atoms with Crippen LogP contribution in [0.5, 0.6) is 0 Å². The lowest BCUT2D eigenvalue weighted by atomic mass is 9.56. The summed E-state index contributed by atoms with van der Waals surface area (Å²) in [7, 11) is 0. The van der Waals surface area contributed by atoms with Crippen LogP contribution in [0, 0.1) is 0 Å². The fourth-order valence-electron chi connectivity index (χ4n) is 6.42. The van der Waals surface area contributed by atoms with Gasteiger partial charge in [0, 0.05) is 76.2 Å². The molecule has 0 radical (unpaired) electrons. The van der Waals surface area contributed by atoms with E-state index in [1.807, 2.05) is 67.0 Å². The molecule has 0 bridgehead atoms. The van der Waals surface area contributed by atoms with Gasteiger partial charge in [0.1, 0.15) is 17.0 Å². The Morgan fingerprint density at radius 2 is 1.64 bits per heavy atom. The van der Waals surface area contributed by atoms with Gasteiger partial charge in [-0.05, 0) is 66.0 Å². The molecular formula is C35H24N8OS. The number of aromatic nitrogens is 8. The normalized spacial score (nSPS) is 18.4. The van der Waals surface area contributed by atoms with E-state index in [2.05, 4.69) is 38.6 Å². The molecule has 9 nitrogen and oxygen atoms in total. The van der Waals surface area contributed by atoms with E-state index in [1.165, 1.54) is 0 Å². The number of nitrogens with one attached hydrogen (secondary N) is 1. The molecule has 45 heavy (non-hydrogen) atoms. The first kappa shape index (κ1) is 26.7. The molecule has 1 aliphatic carbocycles. The van der Waals surface area contributed by atoms with Crippen LogP contribution < -0.4 is 0 Å². The molecule has 7 heterocycles. The Bertz CT molecular complexity index is 2080.